The van der Waals surface area contributed by atoms with Crippen LogP contribution in [-0.4, -0.2) is 6.11 Å². The maximum Gasteiger partial charge on any atom is 0.400 e. The molecule has 5 rings (SSSR count). The van der Waals surface area contributed by atoms with Crippen molar-refractivity contribution in [2.24, 2.45) is 11.8 Å². The lowest BCUT2D eigenvalue weighted by atomic mass is 9.77. The largest absolute Gasteiger partial charge is 0.432 e. The first-order valence-electron chi connectivity index (χ1n) is 14.8. The van der Waals surface area contributed by atoms with Crippen molar-refractivity contribution in [3.05, 3.63) is 89.0 Å². The number of alkyl halides is 2. The zero-order valence-electron chi connectivity index (χ0n) is 23.3. The van der Waals surface area contributed by atoms with Crippen molar-refractivity contribution < 1.29 is 31.1 Å². The van der Waals surface area contributed by atoms with Crippen LogP contribution in [0, 0.1) is 35.1 Å². The molecule has 41 heavy (non-hydrogen) atoms. The Morgan fingerprint density at radius 1 is 0.683 bits per heavy atom. The lowest BCUT2D eigenvalue weighted by molar-refractivity contribution is -0.222. The Morgan fingerprint density at radius 3 is 1.85 bits per heavy atom. The maximum absolute atomic E-state index is 15.2. The van der Waals surface area contributed by atoms with Gasteiger partial charge in [0.15, 0.2) is 17.5 Å². The van der Waals surface area contributed by atoms with Gasteiger partial charge in [0.05, 0.1) is 5.92 Å². The Morgan fingerprint density at radius 2 is 1.27 bits per heavy atom. The van der Waals surface area contributed by atoms with Crippen LogP contribution in [0.15, 0.2) is 54.6 Å². The van der Waals surface area contributed by atoms with Crippen molar-refractivity contribution in [2.75, 3.05) is 0 Å². The summed E-state index contributed by atoms with van der Waals surface area (Å²) in [6, 6.07) is 14.4. The Kier molecular flexibility index (Phi) is 9.00. The normalized spacial score (nSPS) is 23.4. The zero-order chi connectivity index (χ0) is 29.1. The Labute approximate surface area is 237 Å². The molecule has 0 bridgehead atoms. The second-order valence-electron chi connectivity index (χ2n) is 11.8. The summed E-state index contributed by atoms with van der Waals surface area (Å²) in [6.07, 6.45) is 4.61. The standard InChI is InChI=1S/C34H36F6O/c1-2-3-21-4-6-22(7-5-21)23-8-10-24(11-9-23)26-14-17-29(30(35)18-26)25-12-15-27(16-13-25)34(39,40)41-28-19-31(36)33(38)32(37)20-28/h8-11,14,17-22,25,27H,2-7,12-13,15-16H2,1H3. The van der Waals surface area contributed by atoms with E-state index in [0.717, 1.165) is 17.0 Å². The molecule has 0 spiro atoms. The summed E-state index contributed by atoms with van der Waals surface area (Å²) < 4.78 is 89.4. The van der Waals surface area contributed by atoms with Gasteiger partial charge in [0.1, 0.15) is 11.6 Å². The highest BCUT2D eigenvalue weighted by atomic mass is 19.3. The predicted octanol–water partition coefficient (Wildman–Crippen LogP) is 10.9. The Balaban J connectivity index is 1.18. The highest BCUT2D eigenvalue weighted by Crippen LogP contribution is 2.44. The molecule has 0 radical (unpaired) electrons. The van der Waals surface area contributed by atoms with Crippen molar-refractivity contribution >= 4 is 0 Å². The van der Waals surface area contributed by atoms with E-state index in [4.69, 9.17) is 0 Å². The molecule has 2 fully saturated rings. The average molecular weight is 575 g/mol. The van der Waals surface area contributed by atoms with Crippen LogP contribution in [0.25, 0.3) is 11.1 Å². The van der Waals surface area contributed by atoms with Gasteiger partial charge in [0.25, 0.3) is 0 Å². The number of benzene rings is 3. The minimum absolute atomic E-state index is 0.0484. The van der Waals surface area contributed by atoms with Crippen molar-refractivity contribution in [3.8, 4) is 16.9 Å². The molecule has 2 saturated carbocycles. The lowest BCUT2D eigenvalue weighted by Crippen LogP contribution is -2.37. The first-order valence-corrected chi connectivity index (χ1v) is 14.8. The van der Waals surface area contributed by atoms with Crippen LogP contribution in [0.4, 0.5) is 26.3 Å². The minimum Gasteiger partial charge on any atom is -0.432 e. The van der Waals surface area contributed by atoms with Crippen LogP contribution in [-0.2, 0) is 0 Å². The van der Waals surface area contributed by atoms with Crippen molar-refractivity contribution in [1.82, 2.24) is 0 Å². The summed E-state index contributed by atoms with van der Waals surface area (Å²) in [6.45, 7) is 2.25. The summed E-state index contributed by atoms with van der Waals surface area (Å²) in [5.74, 6) is -6.06. The molecule has 0 aromatic heterocycles. The highest BCUT2D eigenvalue weighted by molar-refractivity contribution is 5.64. The first-order chi connectivity index (χ1) is 19.6. The van der Waals surface area contributed by atoms with Gasteiger partial charge in [-0.2, -0.15) is 8.78 Å². The van der Waals surface area contributed by atoms with E-state index in [2.05, 4.69) is 23.8 Å². The second-order valence-corrected chi connectivity index (χ2v) is 11.8. The van der Waals surface area contributed by atoms with Gasteiger partial charge in [-0.05, 0) is 97.4 Å². The molecule has 0 N–H and O–H groups in total. The molecule has 220 valence electrons. The summed E-state index contributed by atoms with van der Waals surface area (Å²) in [4.78, 5) is 0. The van der Waals surface area contributed by atoms with Crippen LogP contribution in [0.2, 0.25) is 0 Å². The summed E-state index contributed by atoms with van der Waals surface area (Å²) in [5.41, 5.74) is 3.55. The molecule has 0 atom stereocenters. The van der Waals surface area contributed by atoms with Crippen molar-refractivity contribution in [3.63, 3.8) is 0 Å². The fraction of sp³-hybridized carbons (Fsp3) is 0.471. The van der Waals surface area contributed by atoms with E-state index in [1.807, 2.05) is 18.2 Å². The molecule has 2 aliphatic rings. The van der Waals surface area contributed by atoms with Gasteiger partial charge in [-0.15, -0.1) is 0 Å². The van der Waals surface area contributed by atoms with Crippen molar-refractivity contribution in [2.45, 2.75) is 89.1 Å². The molecule has 0 heterocycles. The molecule has 2 aliphatic carbocycles. The molecule has 3 aromatic carbocycles. The monoisotopic (exact) mass is 574 g/mol. The average Bonchev–Trinajstić information content (AvgIpc) is 2.96. The quantitative estimate of drug-likeness (QED) is 0.192. The number of rotatable bonds is 8. The summed E-state index contributed by atoms with van der Waals surface area (Å²) in [7, 11) is 0. The Bertz CT molecular complexity index is 1300. The molecule has 3 aromatic rings. The molecule has 7 heteroatoms. The topological polar surface area (TPSA) is 9.23 Å². The molecule has 0 amide bonds. The lowest BCUT2D eigenvalue weighted by Gasteiger charge is -2.33. The molecule has 0 saturated heterocycles. The van der Waals surface area contributed by atoms with Crippen molar-refractivity contribution in [1.29, 1.82) is 0 Å². The third-order valence-corrected chi connectivity index (χ3v) is 9.11. The minimum atomic E-state index is -3.70. The zero-order valence-corrected chi connectivity index (χ0v) is 23.3. The smallest absolute Gasteiger partial charge is 0.400 e. The van der Waals surface area contributed by atoms with E-state index in [1.54, 1.807) is 6.07 Å². The van der Waals surface area contributed by atoms with Crippen LogP contribution in [0.3, 0.4) is 0 Å². The number of hydrogen-bond donors (Lipinski definition) is 0. The van der Waals surface area contributed by atoms with Gasteiger partial charge >= 0.3 is 6.11 Å². The fourth-order valence-electron chi connectivity index (χ4n) is 6.75. The van der Waals surface area contributed by atoms with Gasteiger partial charge in [0, 0.05) is 12.1 Å². The van der Waals surface area contributed by atoms with E-state index in [9.17, 15) is 22.0 Å². The summed E-state index contributed by atoms with van der Waals surface area (Å²) >= 11 is 0. The fourth-order valence-corrected chi connectivity index (χ4v) is 6.75. The number of ether oxygens (including phenoxy) is 1. The number of hydrogen-bond acceptors (Lipinski definition) is 1. The van der Waals surface area contributed by atoms with Crippen LogP contribution in [0.1, 0.15) is 94.1 Å². The highest BCUT2D eigenvalue weighted by Gasteiger charge is 2.44. The van der Waals surface area contributed by atoms with Gasteiger partial charge in [-0.3, -0.25) is 0 Å². The SMILES string of the molecule is CCCC1CCC(c2ccc(-c3ccc(C4CCC(C(F)(F)Oc5cc(F)c(F)c(F)c5)CC4)c(F)c3)cc2)CC1. The van der Waals surface area contributed by atoms with Gasteiger partial charge in [0.2, 0.25) is 0 Å². The molecular weight excluding hydrogens is 538 g/mol. The van der Waals surface area contributed by atoms with Gasteiger partial charge in [-0.1, -0.05) is 56.2 Å². The van der Waals surface area contributed by atoms with E-state index in [0.29, 0.717) is 36.5 Å². The molecular formula is C34H36F6O. The summed E-state index contributed by atoms with van der Waals surface area (Å²) in [5, 5.41) is 0. The molecule has 0 unspecified atom stereocenters. The van der Waals surface area contributed by atoms with Gasteiger partial charge in [-0.25, -0.2) is 17.6 Å². The van der Waals surface area contributed by atoms with E-state index in [1.165, 1.54) is 50.2 Å². The van der Waals surface area contributed by atoms with Crippen LogP contribution in [0.5, 0.6) is 5.75 Å². The van der Waals surface area contributed by atoms with E-state index < -0.39 is 35.2 Å². The Hall–Kier alpha value is -2.96. The van der Waals surface area contributed by atoms with Gasteiger partial charge < -0.3 is 4.74 Å². The molecule has 0 aliphatic heterocycles. The first kappa shape index (κ1) is 29.5. The van der Waals surface area contributed by atoms with E-state index >= 15 is 4.39 Å². The van der Waals surface area contributed by atoms with E-state index in [-0.39, 0.29) is 24.6 Å². The second kappa shape index (κ2) is 12.5. The molecule has 1 nitrogen and oxygen atoms in total. The van der Waals surface area contributed by atoms with Crippen LogP contribution < -0.4 is 4.74 Å². The van der Waals surface area contributed by atoms with Crippen LogP contribution >= 0.6 is 0 Å². The maximum atomic E-state index is 15.2. The predicted molar refractivity (Wildman–Crippen MR) is 148 cm³/mol. The third-order valence-electron chi connectivity index (χ3n) is 9.11. The third kappa shape index (κ3) is 6.76. The number of halogens is 6.